The first kappa shape index (κ1) is 15.0. The molecule has 0 radical (unpaired) electrons. The van der Waals surface area contributed by atoms with Gasteiger partial charge in [-0.15, -0.1) is 0 Å². The number of nitrogens with one attached hydrogen (secondary N) is 1. The summed E-state index contributed by atoms with van der Waals surface area (Å²) in [6.07, 6.45) is 0. The van der Waals surface area contributed by atoms with Crippen LogP contribution in [-0.4, -0.2) is 37.9 Å². The van der Waals surface area contributed by atoms with Gasteiger partial charge in [-0.3, -0.25) is 4.79 Å². The van der Waals surface area contributed by atoms with E-state index in [0.717, 1.165) is 11.8 Å². The number of anilines is 2. The molecule has 0 fully saturated rings. The molecule has 1 heterocycles. The lowest BCUT2D eigenvalue weighted by Crippen LogP contribution is -2.30. The molecule has 0 amide bonds. The summed E-state index contributed by atoms with van der Waals surface area (Å²) in [4.78, 5) is 23.5. The van der Waals surface area contributed by atoms with Gasteiger partial charge in [-0.25, -0.2) is 0 Å². The zero-order valence-electron chi connectivity index (χ0n) is 10.1. The standard InChI is InChI=1S/C9H16N6OS2/c1-4(2)12-8-13-7(11)14-9(15-8)18-6(16)5(10)3-17/h4-5,17H,3,10H2,1-2H3,(H3,11,12,13,14,15)/t5-/m0/s1. The third-order valence-electron chi connectivity index (χ3n) is 1.74. The first-order chi connectivity index (χ1) is 8.42. The Hall–Kier alpha value is -1.06. The van der Waals surface area contributed by atoms with E-state index in [4.69, 9.17) is 11.5 Å². The number of nitrogens with two attached hydrogens (primary N) is 2. The van der Waals surface area contributed by atoms with Gasteiger partial charge in [0.15, 0.2) is 0 Å². The molecule has 5 N–H and O–H groups in total. The Morgan fingerprint density at radius 1 is 1.44 bits per heavy atom. The molecule has 1 aromatic heterocycles. The van der Waals surface area contributed by atoms with Gasteiger partial charge in [-0.05, 0) is 25.6 Å². The van der Waals surface area contributed by atoms with Gasteiger partial charge >= 0.3 is 0 Å². The van der Waals surface area contributed by atoms with Gasteiger partial charge in [0.05, 0.1) is 6.04 Å². The van der Waals surface area contributed by atoms with Crippen molar-refractivity contribution in [1.29, 1.82) is 0 Å². The highest BCUT2D eigenvalue weighted by atomic mass is 32.2. The highest BCUT2D eigenvalue weighted by molar-refractivity contribution is 8.13. The lowest BCUT2D eigenvalue weighted by atomic mass is 10.4. The van der Waals surface area contributed by atoms with Crippen LogP contribution in [0.15, 0.2) is 5.16 Å². The summed E-state index contributed by atoms with van der Waals surface area (Å²) in [5.74, 6) is 0.666. The topological polar surface area (TPSA) is 120 Å². The molecular weight excluding hydrogens is 272 g/mol. The molecule has 0 aliphatic heterocycles. The SMILES string of the molecule is CC(C)Nc1nc(N)nc(SC(=O)[C@@H](N)CS)n1. The zero-order chi connectivity index (χ0) is 13.7. The lowest BCUT2D eigenvalue weighted by molar-refractivity contribution is -0.111. The molecule has 0 bridgehead atoms. The molecular formula is C9H16N6OS2. The molecule has 18 heavy (non-hydrogen) atoms. The highest BCUT2D eigenvalue weighted by Gasteiger charge is 2.16. The number of nitrogen functional groups attached to an aromatic ring is 1. The Kier molecular flexibility index (Phi) is 5.63. The van der Waals surface area contributed by atoms with Crippen LogP contribution in [0.2, 0.25) is 0 Å². The number of nitrogens with zero attached hydrogens (tertiary/aromatic N) is 3. The van der Waals surface area contributed by atoms with Crippen LogP contribution in [0.3, 0.4) is 0 Å². The van der Waals surface area contributed by atoms with E-state index >= 15 is 0 Å². The third-order valence-corrected chi connectivity index (χ3v) is 3.00. The first-order valence-electron chi connectivity index (χ1n) is 5.28. The third kappa shape index (κ3) is 4.67. The van der Waals surface area contributed by atoms with E-state index in [2.05, 4.69) is 32.9 Å². The summed E-state index contributed by atoms with van der Waals surface area (Å²) in [5.41, 5.74) is 11.1. The van der Waals surface area contributed by atoms with Crippen LogP contribution in [0.1, 0.15) is 13.8 Å². The van der Waals surface area contributed by atoms with Crippen LogP contribution in [0, 0.1) is 0 Å². The Labute approximate surface area is 115 Å². The van der Waals surface area contributed by atoms with Crippen molar-refractivity contribution in [3.05, 3.63) is 0 Å². The van der Waals surface area contributed by atoms with Gasteiger partial charge < -0.3 is 16.8 Å². The predicted octanol–water partition coefficient (Wildman–Crippen LogP) is 0.150. The fraction of sp³-hybridized carbons (Fsp3) is 0.556. The maximum absolute atomic E-state index is 11.6. The number of rotatable bonds is 5. The van der Waals surface area contributed by atoms with Crippen LogP contribution < -0.4 is 16.8 Å². The van der Waals surface area contributed by atoms with Crippen molar-refractivity contribution in [2.24, 2.45) is 5.73 Å². The molecule has 0 saturated heterocycles. The van der Waals surface area contributed by atoms with Crippen LogP contribution in [0.25, 0.3) is 0 Å². The van der Waals surface area contributed by atoms with Gasteiger partial charge in [0.1, 0.15) is 0 Å². The average molecular weight is 288 g/mol. The Morgan fingerprint density at radius 2 is 2.11 bits per heavy atom. The number of hydrogen-bond acceptors (Lipinski definition) is 9. The number of aromatic nitrogens is 3. The normalized spacial score (nSPS) is 12.5. The smallest absolute Gasteiger partial charge is 0.228 e. The molecule has 0 unspecified atom stereocenters. The largest absolute Gasteiger partial charge is 0.368 e. The number of carbonyl (C=O) groups excluding carboxylic acids is 1. The van der Waals surface area contributed by atoms with Gasteiger partial charge in [0.25, 0.3) is 0 Å². The Bertz CT molecular complexity index is 428. The molecule has 0 spiro atoms. The summed E-state index contributed by atoms with van der Waals surface area (Å²) < 4.78 is 0. The zero-order valence-corrected chi connectivity index (χ0v) is 11.8. The van der Waals surface area contributed by atoms with Crippen molar-refractivity contribution < 1.29 is 4.79 Å². The van der Waals surface area contributed by atoms with Crippen molar-refractivity contribution >= 4 is 41.4 Å². The van der Waals surface area contributed by atoms with Crippen molar-refractivity contribution in [1.82, 2.24) is 15.0 Å². The molecule has 0 aromatic carbocycles. The summed E-state index contributed by atoms with van der Waals surface area (Å²) in [6.45, 7) is 3.88. The number of carbonyl (C=O) groups is 1. The van der Waals surface area contributed by atoms with E-state index in [1.165, 1.54) is 0 Å². The predicted molar refractivity (Wildman–Crippen MR) is 75.7 cm³/mol. The van der Waals surface area contributed by atoms with E-state index in [-0.39, 0.29) is 28.0 Å². The Balaban J connectivity index is 2.83. The second-order valence-corrected chi connectivity index (χ2v) is 5.15. The molecule has 1 rings (SSSR count). The van der Waals surface area contributed by atoms with Crippen LogP contribution in [0.5, 0.6) is 0 Å². The van der Waals surface area contributed by atoms with E-state index in [1.54, 1.807) is 0 Å². The monoisotopic (exact) mass is 288 g/mol. The maximum atomic E-state index is 11.6. The second kappa shape index (κ2) is 6.76. The number of thiol groups is 1. The minimum atomic E-state index is -0.655. The van der Waals surface area contributed by atoms with Crippen molar-refractivity contribution in [3.63, 3.8) is 0 Å². The van der Waals surface area contributed by atoms with Crippen LogP contribution >= 0.6 is 24.4 Å². The van der Waals surface area contributed by atoms with Crippen LogP contribution in [-0.2, 0) is 4.79 Å². The fourth-order valence-electron chi connectivity index (χ4n) is 0.981. The van der Waals surface area contributed by atoms with Gasteiger partial charge in [-0.2, -0.15) is 27.6 Å². The van der Waals surface area contributed by atoms with Gasteiger partial charge in [-0.1, -0.05) is 0 Å². The van der Waals surface area contributed by atoms with E-state index in [9.17, 15) is 4.79 Å². The average Bonchev–Trinajstić information content (AvgIpc) is 2.25. The molecule has 100 valence electrons. The fourth-order valence-corrected chi connectivity index (χ4v) is 1.96. The van der Waals surface area contributed by atoms with Crippen molar-refractivity contribution in [2.45, 2.75) is 31.1 Å². The molecule has 9 heteroatoms. The van der Waals surface area contributed by atoms with Crippen molar-refractivity contribution in [3.8, 4) is 0 Å². The first-order valence-corrected chi connectivity index (χ1v) is 6.73. The summed E-state index contributed by atoms with van der Waals surface area (Å²) in [6, 6.07) is -0.502. The number of thioether (sulfide) groups is 1. The molecule has 1 atom stereocenters. The van der Waals surface area contributed by atoms with Crippen molar-refractivity contribution in [2.75, 3.05) is 16.8 Å². The lowest BCUT2D eigenvalue weighted by Gasteiger charge is -2.10. The van der Waals surface area contributed by atoms with E-state index < -0.39 is 6.04 Å². The molecule has 7 nitrogen and oxygen atoms in total. The summed E-state index contributed by atoms with van der Waals surface area (Å²) in [7, 11) is 0. The Morgan fingerprint density at radius 3 is 2.67 bits per heavy atom. The second-order valence-electron chi connectivity index (χ2n) is 3.81. The quantitative estimate of drug-likeness (QED) is 0.446. The van der Waals surface area contributed by atoms with Crippen LogP contribution in [0.4, 0.5) is 11.9 Å². The highest BCUT2D eigenvalue weighted by Crippen LogP contribution is 2.18. The van der Waals surface area contributed by atoms with E-state index in [1.807, 2.05) is 13.8 Å². The molecule has 1 aromatic rings. The van der Waals surface area contributed by atoms with E-state index in [0.29, 0.717) is 5.95 Å². The number of hydrogen-bond donors (Lipinski definition) is 4. The molecule has 0 aliphatic carbocycles. The minimum absolute atomic E-state index is 0.0582. The minimum Gasteiger partial charge on any atom is -0.368 e. The summed E-state index contributed by atoms with van der Waals surface area (Å²) >= 11 is 4.79. The summed E-state index contributed by atoms with van der Waals surface area (Å²) in [5, 5.41) is 2.96. The van der Waals surface area contributed by atoms with Gasteiger partial charge in [0.2, 0.25) is 22.2 Å². The maximum Gasteiger partial charge on any atom is 0.228 e. The van der Waals surface area contributed by atoms with Gasteiger partial charge in [0, 0.05) is 11.8 Å². The molecule has 0 saturated carbocycles. The molecule has 0 aliphatic rings.